The first-order valence-electron chi connectivity index (χ1n) is 8.91. The highest BCUT2D eigenvalue weighted by Crippen LogP contribution is 2.17. The van der Waals surface area contributed by atoms with Crippen LogP contribution in [0.2, 0.25) is 5.02 Å². The number of alkyl carbamates (subject to hydrolysis) is 1. The van der Waals surface area contributed by atoms with Crippen LogP contribution in [0.5, 0.6) is 5.75 Å². The SMILES string of the molecule is CC(C)(C)NC(=O)OC1CCN(CCCOc2ccc(Cl)cc2)CC1. The van der Waals surface area contributed by atoms with Gasteiger partial charge in [0.05, 0.1) is 6.61 Å². The van der Waals surface area contributed by atoms with Crippen molar-refractivity contribution in [2.45, 2.75) is 51.7 Å². The van der Waals surface area contributed by atoms with Crippen molar-refractivity contribution in [1.82, 2.24) is 10.2 Å². The number of likely N-dealkylation sites (tertiary alicyclic amines) is 1. The fourth-order valence-corrected chi connectivity index (χ4v) is 2.87. The molecule has 1 aromatic rings. The van der Waals surface area contributed by atoms with Crippen molar-refractivity contribution in [3.8, 4) is 5.75 Å². The van der Waals surface area contributed by atoms with Gasteiger partial charge in [-0.25, -0.2) is 4.79 Å². The summed E-state index contributed by atoms with van der Waals surface area (Å²) in [5, 5.41) is 3.56. The van der Waals surface area contributed by atoms with Crippen molar-refractivity contribution in [1.29, 1.82) is 0 Å². The number of rotatable bonds is 6. The lowest BCUT2D eigenvalue weighted by atomic mass is 10.1. The van der Waals surface area contributed by atoms with Crippen LogP contribution in [0.4, 0.5) is 4.79 Å². The second-order valence-corrected chi connectivity index (χ2v) is 7.91. The highest BCUT2D eigenvalue weighted by atomic mass is 35.5. The molecular formula is C19H29ClN2O3. The van der Waals surface area contributed by atoms with Crippen LogP contribution >= 0.6 is 11.6 Å². The molecule has 1 heterocycles. The number of hydrogen-bond donors (Lipinski definition) is 1. The van der Waals surface area contributed by atoms with Gasteiger partial charge in [0.1, 0.15) is 11.9 Å². The molecule has 1 saturated heterocycles. The zero-order chi connectivity index (χ0) is 18.3. The first kappa shape index (κ1) is 19.9. The molecule has 1 amide bonds. The fourth-order valence-electron chi connectivity index (χ4n) is 2.75. The van der Waals surface area contributed by atoms with E-state index in [4.69, 9.17) is 21.1 Å². The third-order valence-electron chi connectivity index (χ3n) is 3.99. The molecule has 1 fully saturated rings. The number of nitrogens with one attached hydrogen (secondary N) is 1. The van der Waals surface area contributed by atoms with Gasteiger partial charge in [0.15, 0.2) is 0 Å². The third kappa shape index (κ3) is 7.97. The average molecular weight is 369 g/mol. The van der Waals surface area contributed by atoms with Crippen LogP contribution in [0.1, 0.15) is 40.0 Å². The van der Waals surface area contributed by atoms with E-state index in [0.717, 1.165) is 44.6 Å². The molecule has 1 N–H and O–H groups in total. The van der Waals surface area contributed by atoms with Gasteiger partial charge >= 0.3 is 6.09 Å². The molecule has 0 spiro atoms. The first-order chi connectivity index (χ1) is 11.8. The highest BCUT2D eigenvalue weighted by Gasteiger charge is 2.23. The van der Waals surface area contributed by atoms with Crippen LogP contribution in [-0.2, 0) is 4.74 Å². The van der Waals surface area contributed by atoms with Gasteiger partial charge in [-0.2, -0.15) is 0 Å². The van der Waals surface area contributed by atoms with Crippen molar-refractivity contribution in [3.63, 3.8) is 0 Å². The van der Waals surface area contributed by atoms with Gasteiger partial charge in [-0.3, -0.25) is 0 Å². The number of carbonyl (C=O) groups excluding carboxylic acids is 1. The molecule has 5 nitrogen and oxygen atoms in total. The Labute approximate surface area is 155 Å². The molecule has 0 radical (unpaired) electrons. The van der Waals surface area contributed by atoms with Crippen molar-refractivity contribution in [3.05, 3.63) is 29.3 Å². The predicted molar refractivity (Wildman–Crippen MR) is 100 cm³/mol. The van der Waals surface area contributed by atoms with Gasteiger partial charge in [0.25, 0.3) is 0 Å². The number of nitrogens with zero attached hydrogens (tertiary/aromatic N) is 1. The molecule has 1 aliphatic rings. The Balaban J connectivity index is 1.57. The van der Waals surface area contributed by atoms with E-state index in [1.807, 2.05) is 45.0 Å². The Morgan fingerprint density at radius 1 is 1.24 bits per heavy atom. The lowest BCUT2D eigenvalue weighted by molar-refractivity contribution is 0.0461. The van der Waals surface area contributed by atoms with E-state index in [-0.39, 0.29) is 17.7 Å². The molecule has 0 saturated carbocycles. The fraction of sp³-hybridized carbons (Fsp3) is 0.632. The highest BCUT2D eigenvalue weighted by molar-refractivity contribution is 6.30. The Bertz CT molecular complexity index is 535. The molecule has 0 atom stereocenters. The zero-order valence-electron chi connectivity index (χ0n) is 15.4. The maximum Gasteiger partial charge on any atom is 0.407 e. The molecule has 0 aliphatic carbocycles. The monoisotopic (exact) mass is 368 g/mol. The quantitative estimate of drug-likeness (QED) is 0.768. The molecule has 0 unspecified atom stereocenters. The van der Waals surface area contributed by atoms with Gasteiger partial charge in [-0.05, 0) is 64.3 Å². The molecule has 2 rings (SSSR count). The van der Waals surface area contributed by atoms with E-state index in [0.29, 0.717) is 11.6 Å². The maximum atomic E-state index is 11.8. The van der Waals surface area contributed by atoms with E-state index >= 15 is 0 Å². The summed E-state index contributed by atoms with van der Waals surface area (Å²) in [4.78, 5) is 14.2. The van der Waals surface area contributed by atoms with Crippen molar-refractivity contribution < 1.29 is 14.3 Å². The van der Waals surface area contributed by atoms with E-state index in [1.54, 1.807) is 0 Å². The van der Waals surface area contributed by atoms with Crippen LogP contribution < -0.4 is 10.1 Å². The Hall–Kier alpha value is -1.46. The molecular weight excluding hydrogens is 340 g/mol. The summed E-state index contributed by atoms with van der Waals surface area (Å²) in [6, 6.07) is 7.43. The number of piperidine rings is 1. The Morgan fingerprint density at radius 3 is 2.48 bits per heavy atom. The summed E-state index contributed by atoms with van der Waals surface area (Å²) < 4.78 is 11.2. The first-order valence-corrected chi connectivity index (χ1v) is 9.29. The lowest BCUT2D eigenvalue weighted by Crippen LogP contribution is -2.44. The summed E-state index contributed by atoms with van der Waals surface area (Å²) in [7, 11) is 0. The lowest BCUT2D eigenvalue weighted by Gasteiger charge is -2.32. The predicted octanol–water partition coefficient (Wildman–Crippen LogP) is 4.10. The molecule has 140 valence electrons. The van der Waals surface area contributed by atoms with Gasteiger partial charge < -0.3 is 19.7 Å². The minimum absolute atomic E-state index is 0.0175. The van der Waals surface area contributed by atoms with Crippen LogP contribution in [0.3, 0.4) is 0 Å². The molecule has 0 bridgehead atoms. The van der Waals surface area contributed by atoms with Crippen LogP contribution in [-0.4, -0.2) is 48.9 Å². The minimum atomic E-state index is -0.317. The molecule has 25 heavy (non-hydrogen) atoms. The van der Waals surface area contributed by atoms with E-state index in [9.17, 15) is 4.79 Å². The Morgan fingerprint density at radius 2 is 1.88 bits per heavy atom. The minimum Gasteiger partial charge on any atom is -0.494 e. The maximum absolute atomic E-state index is 11.8. The number of benzene rings is 1. The Kier molecular flexibility index (Phi) is 7.38. The van der Waals surface area contributed by atoms with Crippen LogP contribution in [0.15, 0.2) is 24.3 Å². The van der Waals surface area contributed by atoms with E-state index in [2.05, 4.69) is 10.2 Å². The third-order valence-corrected chi connectivity index (χ3v) is 4.24. The number of halogens is 1. The summed E-state index contributed by atoms with van der Waals surface area (Å²) in [6.07, 6.45) is 2.44. The topological polar surface area (TPSA) is 50.8 Å². The summed E-state index contributed by atoms with van der Waals surface area (Å²) in [6.45, 7) is 9.43. The molecule has 6 heteroatoms. The molecule has 0 aromatic heterocycles. The standard InChI is InChI=1S/C19H29ClN2O3/c1-19(2,3)21-18(23)25-17-9-12-22(13-10-17)11-4-14-24-16-7-5-15(20)6-8-16/h5-8,17H,4,9-14H2,1-3H3,(H,21,23). The second-order valence-electron chi connectivity index (χ2n) is 7.48. The smallest absolute Gasteiger partial charge is 0.407 e. The van der Waals surface area contributed by atoms with Crippen molar-refractivity contribution in [2.24, 2.45) is 0 Å². The van der Waals surface area contributed by atoms with Gasteiger partial charge in [-0.15, -0.1) is 0 Å². The largest absolute Gasteiger partial charge is 0.494 e. The van der Waals surface area contributed by atoms with Crippen molar-refractivity contribution >= 4 is 17.7 Å². The van der Waals surface area contributed by atoms with E-state index in [1.165, 1.54) is 0 Å². The normalized spacial score (nSPS) is 16.5. The second kappa shape index (κ2) is 9.30. The van der Waals surface area contributed by atoms with E-state index < -0.39 is 0 Å². The van der Waals surface area contributed by atoms with Crippen molar-refractivity contribution in [2.75, 3.05) is 26.2 Å². The summed E-state index contributed by atoms with van der Waals surface area (Å²) >= 11 is 5.85. The number of hydrogen-bond acceptors (Lipinski definition) is 4. The molecule has 1 aromatic carbocycles. The summed E-state index contributed by atoms with van der Waals surface area (Å²) in [5.74, 6) is 0.848. The van der Waals surface area contributed by atoms with Crippen LogP contribution in [0, 0.1) is 0 Å². The van der Waals surface area contributed by atoms with Gasteiger partial charge in [-0.1, -0.05) is 11.6 Å². The molecule has 1 aliphatic heterocycles. The van der Waals surface area contributed by atoms with Crippen LogP contribution in [0.25, 0.3) is 0 Å². The van der Waals surface area contributed by atoms with Gasteiger partial charge in [0, 0.05) is 30.2 Å². The number of ether oxygens (including phenoxy) is 2. The zero-order valence-corrected chi connectivity index (χ0v) is 16.1. The number of carbonyl (C=O) groups is 1. The number of amides is 1. The van der Waals surface area contributed by atoms with Gasteiger partial charge in [0.2, 0.25) is 0 Å². The summed E-state index contributed by atoms with van der Waals surface area (Å²) in [5.41, 5.74) is -0.262. The average Bonchev–Trinajstić information content (AvgIpc) is 2.53.